The van der Waals surface area contributed by atoms with Gasteiger partial charge in [0.1, 0.15) is 17.6 Å². The summed E-state index contributed by atoms with van der Waals surface area (Å²) in [5.74, 6) is -0.283. The number of halogens is 1. The zero-order chi connectivity index (χ0) is 18.0. The monoisotopic (exact) mass is 346 g/mol. The largest absolute Gasteiger partial charge is 0.454 e. The van der Waals surface area contributed by atoms with E-state index in [4.69, 9.17) is 4.42 Å². The highest BCUT2D eigenvalue weighted by Gasteiger charge is 2.33. The topological polar surface area (TPSA) is 19.6 Å². The van der Waals surface area contributed by atoms with Gasteiger partial charge >= 0.3 is 0 Å². The highest BCUT2D eigenvalue weighted by molar-refractivity contribution is 6.10. The number of furan rings is 1. The molecule has 1 atom stereocenters. The van der Waals surface area contributed by atoms with E-state index in [1.54, 1.807) is 6.07 Å². The summed E-state index contributed by atoms with van der Waals surface area (Å²) in [5.41, 5.74) is 5.92. The fourth-order valence-corrected chi connectivity index (χ4v) is 4.05. The number of rotatable bonds is 1. The van der Waals surface area contributed by atoms with Crippen molar-refractivity contribution >= 4 is 39.0 Å². The maximum atomic E-state index is 13.7. The lowest BCUT2D eigenvalue weighted by Gasteiger charge is -2.29. The molecule has 0 bridgehead atoms. The number of benzene rings is 3. The Hall–Kier alpha value is -3.01. The summed E-state index contributed by atoms with van der Waals surface area (Å²) >= 11 is 0. The van der Waals surface area contributed by atoms with Gasteiger partial charge in [-0.3, -0.25) is 0 Å². The van der Waals surface area contributed by atoms with Crippen molar-refractivity contribution in [1.82, 2.24) is 0 Å². The fraction of sp³-hybridized carbons (Fsp3) is 0.182. The zero-order valence-corrected chi connectivity index (χ0v) is 15.0. The number of nitrogens with zero attached hydrogens (tertiary/aromatic N) is 2. The predicted molar refractivity (Wildman–Crippen MR) is 105 cm³/mol. The van der Waals surface area contributed by atoms with Crippen LogP contribution < -0.4 is 9.80 Å². The van der Waals surface area contributed by atoms with E-state index in [9.17, 15) is 4.39 Å². The summed E-state index contributed by atoms with van der Waals surface area (Å²) in [6, 6.07) is 17.3. The van der Waals surface area contributed by atoms with Crippen LogP contribution in [0.25, 0.3) is 21.9 Å². The van der Waals surface area contributed by atoms with Gasteiger partial charge in [0.15, 0.2) is 5.58 Å². The van der Waals surface area contributed by atoms with Gasteiger partial charge < -0.3 is 14.2 Å². The van der Waals surface area contributed by atoms with Gasteiger partial charge in [0.25, 0.3) is 0 Å². The minimum absolute atomic E-state index is 0.154. The van der Waals surface area contributed by atoms with Crippen LogP contribution in [0.5, 0.6) is 0 Å². The van der Waals surface area contributed by atoms with Crippen LogP contribution in [0.3, 0.4) is 0 Å². The molecule has 0 unspecified atom stereocenters. The third kappa shape index (κ3) is 1.93. The van der Waals surface area contributed by atoms with E-state index in [-0.39, 0.29) is 12.0 Å². The molecule has 4 heteroatoms. The van der Waals surface area contributed by atoms with Crippen LogP contribution in [0.4, 0.5) is 21.5 Å². The van der Waals surface area contributed by atoms with Crippen molar-refractivity contribution in [2.24, 2.45) is 0 Å². The Balaban J connectivity index is 1.84. The molecule has 1 aliphatic rings. The molecular weight excluding hydrogens is 327 g/mol. The standard InChI is InChI=1S/C22H19FN2O/c1-13-8-10-17-16-11-9-15(23)12-20(16)26-22(17)21(13)25-14(2)24(3)18-6-4-5-7-19(18)25/h4-12,14H,1-3H3/t14-/m0/s1. The van der Waals surface area contributed by atoms with Crippen molar-refractivity contribution < 1.29 is 8.81 Å². The summed E-state index contributed by atoms with van der Waals surface area (Å²) in [5, 5.41) is 1.95. The molecule has 3 nitrogen and oxygen atoms in total. The SMILES string of the molecule is Cc1ccc2c(oc3cc(F)ccc32)c1N1c2ccccc2N(C)[C@@H]1C. The Bertz CT molecular complexity index is 1160. The molecule has 26 heavy (non-hydrogen) atoms. The van der Waals surface area contributed by atoms with Crippen LogP contribution in [0.1, 0.15) is 12.5 Å². The molecule has 0 fully saturated rings. The first-order valence-electron chi connectivity index (χ1n) is 8.79. The predicted octanol–water partition coefficient (Wildman–Crippen LogP) is 5.97. The summed E-state index contributed by atoms with van der Waals surface area (Å²) in [6.45, 7) is 4.27. The van der Waals surface area contributed by atoms with Crippen LogP contribution in [-0.4, -0.2) is 13.2 Å². The van der Waals surface area contributed by atoms with Crippen LogP contribution in [-0.2, 0) is 0 Å². The van der Waals surface area contributed by atoms with Crippen LogP contribution in [0.15, 0.2) is 59.0 Å². The Kier molecular flexibility index (Phi) is 3.08. The molecule has 130 valence electrons. The smallest absolute Gasteiger partial charge is 0.159 e. The normalized spacial score (nSPS) is 16.7. The van der Waals surface area contributed by atoms with Crippen molar-refractivity contribution in [2.75, 3.05) is 16.8 Å². The van der Waals surface area contributed by atoms with Crippen molar-refractivity contribution in [3.63, 3.8) is 0 Å². The van der Waals surface area contributed by atoms with E-state index in [2.05, 4.69) is 67.1 Å². The molecule has 1 aliphatic heterocycles. The lowest BCUT2D eigenvalue weighted by Crippen LogP contribution is -2.36. The molecule has 1 aromatic heterocycles. The van der Waals surface area contributed by atoms with E-state index in [0.29, 0.717) is 5.58 Å². The van der Waals surface area contributed by atoms with Gasteiger partial charge in [0.2, 0.25) is 0 Å². The fourth-order valence-electron chi connectivity index (χ4n) is 4.05. The van der Waals surface area contributed by atoms with Crippen molar-refractivity contribution in [3.05, 3.63) is 66.0 Å². The van der Waals surface area contributed by atoms with Gasteiger partial charge in [0.05, 0.1) is 17.1 Å². The van der Waals surface area contributed by atoms with E-state index >= 15 is 0 Å². The molecule has 0 radical (unpaired) electrons. The van der Waals surface area contributed by atoms with E-state index < -0.39 is 0 Å². The van der Waals surface area contributed by atoms with Crippen LogP contribution in [0, 0.1) is 12.7 Å². The van der Waals surface area contributed by atoms with Gasteiger partial charge in [-0.2, -0.15) is 0 Å². The zero-order valence-electron chi connectivity index (χ0n) is 15.0. The van der Waals surface area contributed by atoms with Crippen LogP contribution >= 0.6 is 0 Å². The Morgan fingerprint density at radius 3 is 2.50 bits per heavy atom. The molecule has 0 saturated carbocycles. The molecule has 4 aromatic rings. The first kappa shape index (κ1) is 15.3. The second-order valence-electron chi connectivity index (χ2n) is 6.95. The van der Waals surface area contributed by atoms with Crippen LogP contribution in [0.2, 0.25) is 0 Å². The van der Waals surface area contributed by atoms with Crippen molar-refractivity contribution in [3.8, 4) is 0 Å². The maximum absolute atomic E-state index is 13.7. The van der Waals surface area contributed by atoms with Gasteiger partial charge in [-0.15, -0.1) is 0 Å². The number of anilines is 3. The van der Waals surface area contributed by atoms with Gasteiger partial charge in [-0.1, -0.05) is 24.3 Å². The number of hydrogen-bond acceptors (Lipinski definition) is 3. The average Bonchev–Trinajstić information content (AvgIpc) is 3.11. The minimum Gasteiger partial charge on any atom is -0.454 e. The summed E-state index contributed by atoms with van der Waals surface area (Å²) in [4.78, 5) is 4.57. The first-order chi connectivity index (χ1) is 12.6. The quantitative estimate of drug-likeness (QED) is 0.423. The lowest BCUT2D eigenvalue weighted by molar-refractivity contribution is 0.617. The van der Waals surface area contributed by atoms with Crippen molar-refractivity contribution in [1.29, 1.82) is 0 Å². The molecule has 5 rings (SSSR count). The highest BCUT2D eigenvalue weighted by atomic mass is 19.1. The Labute approximate surface area is 151 Å². The van der Waals surface area contributed by atoms with Gasteiger partial charge in [0, 0.05) is 23.9 Å². The number of fused-ring (bicyclic) bond motifs is 4. The molecule has 0 aliphatic carbocycles. The molecule has 0 N–H and O–H groups in total. The molecule has 0 amide bonds. The number of hydrogen-bond donors (Lipinski definition) is 0. The number of para-hydroxylation sites is 2. The second kappa shape index (κ2) is 5.24. The van der Waals surface area contributed by atoms with Crippen molar-refractivity contribution in [2.45, 2.75) is 20.0 Å². The summed E-state index contributed by atoms with van der Waals surface area (Å²) in [7, 11) is 2.10. The Morgan fingerprint density at radius 1 is 0.962 bits per heavy atom. The minimum atomic E-state index is -0.283. The summed E-state index contributed by atoms with van der Waals surface area (Å²) < 4.78 is 19.8. The second-order valence-corrected chi connectivity index (χ2v) is 6.95. The molecule has 0 spiro atoms. The molecule has 2 heterocycles. The van der Waals surface area contributed by atoms with E-state index in [0.717, 1.165) is 33.3 Å². The first-order valence-corrected chi connectivity index (χ1v) is 8.79. The maximum Gasteiger partial charge on any atom is 0.159 e. The molecule has 0 saturated heterocycles. The third-order valence-corrected chi connectivity index (χ3v) is 5.48. The Morgan fingerprint density at radius 2 is 1.69 bits per heavy atom. The van der Waals surface area contributed by atoms with E-state index in [1.807, 2.05) is 0 Å². The number of aryl methyl sites for hydroxylation is 1. The molecular formula is C22H19FN2O. The van der Waals surface area contributed by atoms with Gasteiger partial charge in [-0.25, -0.2) is 4.39 Å². The summed E-state index contributed by atoms with van der Waals surface area (Å²) in [6.07, 6.45) is 0.154. The van der Waals surface area contributed by atoms with E-state index in [1.165, 1.54) is 17.8 Å². The lowest BCUT2D eigenvalue weighted by atomic mass is 10.1. The highest BCUT2D eigenvalue weighted by Crippen LogP contribution is 2.47. The third-order valence-electron chi connectivity index (χ3n) is 5.48. The van der Waals surface area contributed by atoms with Gasteiger partial charge in [-0.05, 0) is 43.7 Å². The average molecular weight is 346 g/mol. The molecule has 3 aromatic carbocycles.